The Bertz CT molecular complexity index is 276. The molecule has 5 heteroatoms. The topological polar surface area (TPSA) is 35.5 Å². The summed E-state index contributed by atoms with van der Waals surface area (Å²) in [6.45, 7) is 8.63. The van der Waals surface area contributed by atoms with Crippen molar-refractivity contribution in [2.45, 2.75) is 25.4 Å². The maximum Gasteiger partial charge on any atom is 0.344 e. The molecule has 0 spiro atoms. The molecule has 1 unspecified atom stereocenters. The summed E-state index contributed by atoms with van der Waals surface area (Å²) in [7, 11) is 0. The second-order valence-corrected chi connectivity index (χ2v) is 3.18. The largest absolute Gasteiger partial charge is 0.464 e. The van der Waals surface area contributed by atoms with Crippen molar-refractivity contribution in [2.24, 2.45) is 0 Å². The fourth-order valence-corrected chi connectivity index (χ4v) is 0.980. The van der Waals surface area contributed by atoms with Crippen molar-refractivity contribution in [3.05, 3.63) is 25.3 Å². The first kappa shape index (κ1) is 14.8. The lowest BCUT2D eigenvalue weighted by molar-refractivity contribution is -0.205. The number of hydrogen-bond acceptors (Lipinski definition) is 3. The van der Waals surface area contributed by atoms with E-state index >= 15 is 0 Å². The molecule has 0 heterocycles. The number of esters is 1. The molecule has 0 amide bonds. The highest BCUT2D eigenvalue weighted by Gasteiger charge is 2.56. The van der Waals surface area contributed by atoms with Gasteiger partial charge in [0, 0.05) is 0 Å². The van der Waals surface area contributed by atoms with Gasteiger partial charge in [0.15, 0.2) is 0 Å². The first-order valence-electron chi connectivity index (χ1n) is 4.79. The van der Waals surface area contributed by atoms with Crippen LogP contribution in [0.3, 0.4) is 0 Å². The SMILES string of the molecule is C=CCOC(C)(C(=O)OCC)C(F)(F)C=C. The molecule has 0 N–H and O–H groups in total. The van der Waals surface area contributed by atoms with Crippen molar-refractivity contribution >= 4 is 5.97 Å². The first-order chi connectivity index (χ1) is 7.35. The summed E-state index contributed by atoms with van der Waals surface area (Å²) >= 11 is 0. The van der Waals surface area contributed by atoms with Crippen LogP contribution in [0.4, 0.5) is 8.78 Å². The Hall–Kier alpha value is -1.23. The van der Waals surface area contributed by atoms with Crippen molar-refractivity contribution in [3.63, 3.8) is 0 Å². The molecule has 0 saturated heterocycles. The van der Waals surface area contributed by atoms with Crippen LogP contribution in [-0.2, 0) is 14.3 Å². The quantitative estimate of drug-likeness (QED) is 0.501. The van der Waals surface area contributed by atoms with Gasteiger partial charge in [-0.3, -0.25) is 0 Å². The molecule has 0 saturated carbocycles. The van der Waals surface area contributed by atoms with Gasteiger partial charge in [-0.2, -0.15) is 8.78 Å². The van der Waals surface area contributed by atoms with E-state index in [0.29, 0.717) is 6.08 Å². The van der Waals surface area contributed by atoms with Gasteiger partial charge in [-0.25, -0.2) is 4.79 Å². The molecule has 0 aliphatic rings. The third-order valence-corrected chi connectivity index (χ3v) is 2.05. The second-order valence-electron chi connectivity index (χ2n) is 3.18. The molecule has 3 nitrogen and oxygen atoms in total. The summed E-state index contributed by atoms with van der Waals surface area (Å²) < 4.78 is 36.4. The maximum atomic E-state index is 13.5. The zero-order chi connectivity index (χ0) is 12.8. The number of rotatable bonds is 7. The summed E-state index contributed by atoms with van der Waals surface area (Å²) in [6.07, 6.45) is 1.64. The minimum absolute atomic E-state index is 0.000897. The zero-order valence-electron chi connectivity index (χ0n) is 9.46. The number of alkyl halides is 2. The van der Waals surface area contributed by atoms with E-state index in [-0.39, 0.29) is 13.2 Å². The molecule has 92 valence electrons. The van der Waals surface area contributed by atoms with Gasteiger partial charge in [0.25, 0.3) is 0 Å². The lowest BCUT2D eigenvalue weighted by Crippen LogP contribution is -2.54. The molecular formula is C11H16F2O3. The van der Waals surface area contributed by atoms with E-state index in [4.69, 9.17) is 4.74 Å². The fourth-order valence-electron chi connectivity index (χ4n) is 0.980. The highest BCUT2D eigenvalue weighted by atomic mass is 19.3. The standard InChI is InChI=1S/C11H16F2O3/c1-5-8-16-10(4,9(14)15-7-3)11(12,13)6-2/h5-6H,1-2,7-8H2,3-4H3. The van der Waals surface area contributed by atoms with E-state index in [0.717, 1.165) is 6.92 Å². The molecule has 16 heavy (non-hydrogen) atoms. The summed E-state index contributed by atoms with van der Waals surface area (Å²) in [5.41, 5.74) is -2.38. The lowest BCUT2D eigenvalue weighted by atomic mass is 9.97. The molecule has 0 rings (SSSR count). The second kappa shape index (κ2) is 5.75. The molecule has 0 fully saturated rings. The Morgan fingerprint density at radius 3 is 2.38 bits per heavy atom. The molecule has 0 bridgehead atoms. The Kier molecular flexibility index (Phi) is 5.30. The van der Waals surface area contributed by atoms with Crippen LogP contribution in [0.15, 0.2) is 25.3 Å². The third-order valence-electron chi connectivity index (χ3n) is 2.05. The lowest BCUT2D eigenvalue weighted by Gasteiger charge is -2.32. The molecule has 0 aliphatic heterocycles. The fraction of sp³-hybridized carbons (Fsp3) is 0.545. The number of carbonyl (C=O) groups excluding carboxylic acids is 1. The maximum absolute atomic E-state index is 13.5. The van der Waals surface area contributed by atoms with Crippen LogP contribution < -0.4 is 0 Å². The van der Waals surface area contributed by atoms with Crippen LogP contribution in [0, 0.1) is 0 Å². The molecule has 0 aromatic rings. The average Bonchev–Trinajstić information content (AvgIpc) is 2.25. The van der Waals surface area contributed by atoms with E-state index in [9.17, 15) is 13.6 Å². The Morgan fingerprint density at radius 1 is 1.44 bits per heavy atom. The normalized spacial score (nSPS) is 15.0. The summed E-state index contributed by atoms with van der Waals surface area (Å²) in [4.78, 5) is 11.5. The van der Waals surface area contributed by atoms with Crippen molar-refractivity contribution in [2.75, 3.05) is 13.2 Å². The van der Waals surface area contributed by atoms with Crippen LogP contribution in [0.2, 0.25) is 0 Å². The van der Waals surface area contributed by atoms with Gasteiger partial charge >= 0.3 is 11.9 Å². The van der Waals surface area contributed by atoms with Gasteiger partial charge in [0.05, 0.1) is 13.2 Å². The van der Waals surface area contributed by atoms with E-state index in [1.54, 1.807) is 0 Å². The van der Waals surface area contributed by atoms with Gasteiger partial charge in [0.1, 0.15) is 0 Å². The molecule has 0 aromatic heterocycles. The number of hydrogen-bond donors (Lipinski definition) is 0. The van der Waals surface area contributed by atoms with Gasteiger partial charge < -0.3 is 9.47 Å². The van der Waals surface area contributed by atoms with Crippen molar-refractivity contribution in [3.8, 4) is 0 Å². The highest BCUT2D eigenvalue weighted by Crippen LogP contribution is 2.34. The summed E-state index contributed by atoms with van der Waals surface area (Å²) in [5, 5.41) is 0. The van der Waals surface area contributed by atoms with Crippen molar-refractivity contribution in [1.29, 1.82) is 0 Å². The molecular weight excluding hydrogens is 218 g/mol. The summed E-state index contributed by atoms with van der Waals surface area (Å²) in [6, 6.07) is 0. The minimum atomic E-state index is -3.51. The predicted octanol–water partition coefficient (Wildman–Crippen LogP) is 2.33. The van der Waals surface area contributed by atoms with Gasteiger partial charge in [0.2, 0.25) is 5.60 Å². The van der Waals surface area contributed by atoms with E-state index in [2.05, 4.69) is 17.9 Å². The van der Waals surface area contributed by atoms with Gasteiger partial charge in [-0.15, -0.1) is 6.58 Å². The van der Waals surface area contributed by atoms with Crippen molar-refractivity contribution < 1.29 is 23.0 Å². The Labute approximate surface area is 93.7 Å². The number of ether oxygens (including phenoxy) is 2. The Balaban J connectivity index is 5.08. The average molecular weight is 234 g/mol. The van der Waals surface area contributed by atoms with Gasteiger partial charge in [-0.1, -0.05) is 12.7 Å². The monoisotopic (exact) mass is 234 g/mol. The van der Waals surface area contributed by atoms with Crippen LogP contribution in [0.5, 0.6) is 0 Å². The first-order valence-corrected chi connectivity index (χ1v) is 4.79. The van der Waals surface area contributed by atoms with Gasteiger partial charge in [-0.05, 0) is 19.9 Å². The van der Waals surface area contributed by atoms with Crippen molar-refractivity contribution in [1.82, 2.24) is 0 Å². The molecule has 0 aromatic carbocycles. The molecule has 1 atom stereocenters. The minimum Gasteiger partial charge on any atom is -0.464 e. The van der Waals surface area contributed by atoms with E-state index < -0.39 is 17.5 Å². The van der Waals surface area contributed by atoms with E-state index in [1.807, 2.05) is 0 Å². The highest BCUT2D eigenvalue weighted by molar-refractivity contribution is 5.81. The number of halogens is 2. The van der Waals surface area contributed by atoms with Crippen LogP contribution in [0.1, 0.15) is 13.8 Å². The Morgan fingerprint density at radius 2 is 2.00 bits per heavy atom. The number of carbonyl (C=O) groups is 1. The van der Waals surface area contributed by atoms with Crippen LogP contribution in [0.25, 0.3) is 0 Å². The van der Waals surface area contributed by atoms with Crippen LogP contribution in [-0.4, -0.2) is 30.7 Å². The van der Waals surface area contributed by atoms with E-state index in [1.165, 1.54) is 13.0 Å². The third kappa shape index (κ3) is 2.88. The zero-order valence-corrected chi connectivity index (χ0v) is 9.46. The summed E-state index contributed by atoms with van der Waals surface area (Å²) in [5.74, 6) is -4.64. The van der Waals surface area contributed by atoms with Crippen LogP contribution >= 0.6 is 0 Å². The molecule has 0 radical (unpaired) electrons. The predicted molar refractivity (Wildman–Crippen MR) is 56.3 cm³/mol. The molecule has 0 aliphatic carbocycles. The smallest absolute Gasteiger partial charge is 0.344 e.